The molecule has 0 saturated heterocycles. The van der Waals surface area contributed by atoms with Gasteiger partial charge in [0.15, 0.2) is 0 Å². The van der Waals surface area contributed by atoms with Gasteiger partial charge >= 0.3 is 0 Å². The summed E-state index contributed by atoms with van der Waals surface area (Å²) < 4.78 is 3.45. The lowest BCUT2D eigenvalue weighted by molar-refractivity contribution is 0.734. The molecule has 0 aliphatic rings. The lowest BCUT2D eigenvalue weighted by Crippen LogP contribution is -2.26. The molecule has 2 aromatic heterocycles. The van der Waals surface area contributed by atoms with Crippen molar-refractivity contribution in [2.45, 2.75) is 13.0 Å². The fourth-order valence-corrected chi connectivity index (χ4v) is 3.36. The maximum Gasteiger partial charge on any atom is 0.263 e. The largest absolute Gasteiger partial charge is 0.323 e. The highest BCUT2D eigenvalue weighted by atomic mass is 16.1. The summed E-state index contributed by atoms with van der Waals surface area (Å²) in [5.74, 6) is 0. The van der Waals surface area contributed by atoms with Gasteiger partial charge in [0.2, 0.25) is 0 Å². The number of rotatable bonds is 3. The summed E-state index contributed by atoms with van der Waals surface area (Å²) in [6.07, 6.45) is 3.70. The Balaban J connectivity index is 2.12. The number of nitrogens with zero attached hydrogens (tertiary/aromatic N) is 3. The van der Waals surface area contributed by atoms with Crippen molar-refractivity contribution < 1.29 is 0 Å². The van der Waals surface area contributed by atoms with Crippen molar-refractivity contribution in [2.24, 2.45) is 12.8 Å². The fourth-order valence-electron chi connectivity index (χ4n) is 3.36. The molecule has 130 valence electrons. The molecule has 0 amide bonds. The van der Waals surface area contributed by atoms with Gasteiger partial charge in [-0.2, -0.15) is 5.10 Å². The van der Waals surface area contributed by atoms with Gasteiger partial charge < -0.3 is 5.73 Å². The lowest BCUT2D eigenvalue weighted by Gasteiger charge is -2.18. The van der Waals surface area contributed by atoms with Gasteiger partial charge in [-0.3, -0.25) is 14.0 Å². The van der Waals surface area contributed by atoms with Gasteiger partial charge in [-0.25, -0.2) is 0 Å². The monoisotopic (exact) mass is 344 g/mol. The van der Waals surface area contributed by atoms with E-state index < -0.39 is 0 Å². The number of fused-ring (bicyclic) bond motifs is 1. The standard InChI is InChI=1S/C21H20N4O/c1-14(22)19-11-15-7-6-10-18(16-12-23-24(2)13-16)20(15)21(26)25(19)17-8-4-3-5-9-17/h3-14H,22H2,1-2H3/t14-/m0/s1. The molecular formula is C21H20N4O. The predicted molar refractivity (Wildman–Crippen MR) is 104 cm³/mol. The van der Waals surface area contributed by atoms with Crippen LogP contribution in [0.1, 0.15) is 18.7 Å². The summed E-state index contributed by atoms with van der Waals surface area (Å²) in [6.45, 7) is 1.89. The first kappa shape index (κ1) is 16.3. The van der Waals surface area contributed by atoms with Gasteiger partial charge in [-0.05, 0) is 36.1 Å². The van der Waals surface area contributed by atoms with Crippen molar-refractivity contribution in [1.82, 2.24) is 14.3 Å². The van der Waals surface area contributed by atoms with Gasteiger partial charge in [0.05, 0.1) is 11.6 Å². The third kappa shape index (κ3) is 2.62. The van der Waals surface area contributed by atoms with E-state index in [0.717, 1.165) is 27.9 Å². The van der Waals surface area contributed by atoms with Crippen molar-refractivity contribution in [3.8, 4) is 16.8 Å². The van der Waals surface area contributed by atoms with Crippen LogP contribution < -0.4 is 11.3 Å². The molecule has 2 heterocycles. The van der Waals surface area contributed by atoms with E-state index in [1.54, 1.807) is 15.4 Å². The predicted octanol–water partition coefficient (Wildman–Crippen LogP) is 3.41. The highest BCUT2D eigenvalue weighted by Gasteiger charge is 2.17. The van der Waals surface area contributed by atoms with E-state index in [4.69, 9.17) is 5.73 Å². The number of nitrogens with two attached hydrogens (primary N) is 1. The fraction of sp³-hybridized carbons (Fsp3) is 0.143. The van der Waals surface area contributed by atoms with E-state index in [-0.39, 0.29) is 11.6 Å². The number of para-hydroxylation sites is 1. The minimum Gasteiger partial charge on any atom is -0.323 e. The molecule has 0 unspecified atom stereocenters. The number of pyridine rings is 1. The first-order chi connectivity index (χ1) is 12.6. The molecule has 5 heteroatoms. The van der Waals surface area contributed by atoms with Crippen molar-refractivity contribution in [1.29, 1.82) is 0 Å². The Morgan fingerprint density at radius 3 is 2.50 bits per heavy atom. The zero-order chi connectivity index (χ0) is 18.3. The summed E-state index contributed by atoms with van der Waals surface area (Å²) in [4.78, 5) is 13.5. The van der Waals surface area contributed by atoms with Crippen LogP contribution in [0.2, 0.25) is 0 Å². The number of aryl methyl sites for hydroxylation is 1. The smallest absolute Gasteiger partial charge is 0.263 e. The molecule has 1 atom stereocenters. The summed E-state index contributed by atoms with van der Waals surface area (Å²) in [5, 5.41) is 5.80. The molecule has 0 aliphatic heterocycles. The molecule has 0 bridgehead atoms. The maximum absolute atomic E-state index is 13.5. The van der Waals surface area contributed by atoms with Gasteiger partial charge in [0.1, 0.15) is 0 Å². The summed E-state index contributed by atoms with van der Waals surface area (Å²) in [7, 11) is 1.87. The van der Waals surface area contributed by atoms with E-state index in [1.165, 1.54) is 0 Å². The minimum absolute atomic E-state index is 0.0690. The second-order valence-electron chi connectivity index (χ2n) is 6.51. The molecule has 0 aliphatic carbocycles. The van der Waals surface area contributed by atoms with Crippen LogP contribution in [0, 0.1) is 0 Å². The van der Waals surface area contributed by atoms with Crippen LogP contribution in [0.25, 0.3) is 27.6 Å². The third-order valence-corrected chi connectivity index (χ3v) is 4.57. The molecule has 2 N–H and O–H groups in total. The van der Waals surface area contributed by atoms with E-state index in [0.29, 0.717) is 5.39 Å². The van der Waals surface area contributed by atoms with Crippen molar-refractivity contribution >= 4 is 10.8 Å². The highest BCUT2D eigenvalue weighted by Crippen LogP contribution is 2.28. The third-order valence-electron chi connectivity index (χ3n) is 4.57. The normalized spacial score (nSPS) is 12.4. The SMILES string of the molecule is C[C@H](N)c1cc2cccc(-c3cnn(C)c3)c2c(=O)n1-c1ccccc1. The average molecular weight is 344 g/mol. The average Bonchev–Trinajstić information content (AvgIpc) is 3.08. The number of hydrogen-bond donors (Lipinski definition) is 1. The molecule has 0 fully saturated rings. The Hall–Kier alpha value is -3.18. The van der Waals surface area contributed by atoms with Gasteiger partial charge in [0.25, 0.3) is 5.56 Å². The molecule has 4 aromatic rings. The van der Waals surface area contributed by atoms with Crippen LogP contribution >= 0.6 is 0 Å². The first-order valence-electron chi connectivity index (χ1n) is 8.55. The van der Waals surface area contributed by atoms with Crippen LogP contribution in [-0.2, 0) is 7.05 Å². The van der Waals surface area contributed by atoms with Crippen molar-refractivity contribution in [2.75, 3.05) is 0 Å². The van der Waals surface area contributed by atoms with E-state index in [9.17, 15) is 4.79 Å². The zero-order valence-electron chi connectivity index (χ0n) is 14.8. The molecule has 2 aromatic carbocycles. The van der Waals surface area contributed by atoms with E-state index in [1.807, 2.05) is 74.8 Å². The molecule has 5 nitrogen and oxygen atoms in total. The summed E-state index contributed by atoms with van der Waals surface area (Å²) >= 11 is 0. The Morgan fingerprint density at radius 2 is 1.85 bits per heavy atom. The molecule has 26 heavy (non-hydrogen) atoms. The maximum atomic E-state index is 13.5. The Kier molecular flexibility index (Phi) is 3.93. The van der Waals surface area contributed by atoms with Crippen LogP contribution in [0.5, 0.6) is 0 Å². The Morgan fingerprint density at radius 1 is 1.08 bits per heavy atom. The van der Waals surface area contributed by atoms with Gasteiger partial charge in [-0.1, -0.05) is 36.4 Å². The highest BCUT2D eigenvalue weighted by molar-refractivity contribution is 5.96. The van der Waals surface area contributed by atoms with Crippen LogP contribution in [0.4, 0.5) is 0 Å². The second-order valence-corrected chi connectivity index (χ2v) is 6.51. The van der Waals surface area contributed by atoms with Crippen LogP contribution in [-0.4, -0.2) is 14.3 Å². The topological polar surface area (TPSA) is 65.8 Å². The number of hydrogen-bond acceptors (Lipinski definition) is 3. The quantitative estimate of drug-likeness (QED) is 0.619. The molecule has 0 spiro atoms. The summed E-state index contributed by atoms with van der Waals surface area (Å²) in [5.41, 5.74) is 9.52. The second kappa shape index (κ2) is 6.28. The number of aromatic nitrogens is 3. The van der Waals surface area contributed by atoms with E-state index in [2.05, 4.69) is 5.10 Å². The molecule has 0 radical (unpaired) electrons. The van der Waals surface area contributed by atoms with Crippen molar-refractivity contribution in [3.63, 3.8) is 0 Å². The molecule has 4 rings (SSSR count). The van der Waals surface area contributed by atoms with Crippen LogP contribution in [0.3, 0.4) is 0 Å². The van der Waals surface area contributed by atoms with E-state index >= 15 is 0 Å². The first-order valence-corrected chi connectivity index (χ1v) is 8.55. The molecular weight excluding hydrogens is 324 g/mol. The van der Waals surface area contributed by atoms with Gasteiger partial charge in [-0.15, -0.1) is 0 Å². The zero-order valence-corrected chi connectivity index (χ0v) is 14.8. The summed E-state index contributed by atoms with van der Waals surface area (Å²) in [6, 6.07) is 17.2. The number of benzene rings is 2. The Bertz CT molecular complexity index is 1140. The lowest BCUT2D eigenvalue weighted by atomic mass is 10.00. The minimum atomic E-state index is -0.269. The van der Waals surface area contributed by atoms with Gasteiger partial charge in [0, 0.05) is 36.2 Å². The van der Waals surface area contributed by atoms with Crippen molar-refractivity contribution in [3.05, 3.63) is 83.0 Å². The Labute approximate surface area is 151 Å². The molecule has 0 saturated carbocycles. The van der Waals surface area contributed by atoms with Crippen LogP contribution in [0.15, 0.2) is 71.8 Å².